The summed E-state index contributed by atoms with van der Waals surface area (Å²) in [5.74, 6) is -1.58. The largest absolute Gasteiger partial charge is 0.475 e. The van der Waals surface area contributed by atoms with Crippen LogP contribution in [0.25, 0.3) is 4.85 Å². The van der Waals surface area contributed by atoms with Crippen LogP contribution in [0.2, 0.25) is 0 Å². The Morgan fingerprint density at radius 1 is 1.19 bits per heavy atom. The number of halogens is 3. The fourth-order valence-corrected chi connectivity index (χ4v) is 4.09. The zero-order chi connectivity index (χ0) is 26.9. The number of aromatic carboxylic acids is 1. The maximum Gasteiger partial charge on any atom is 0.416 e. The Hall–Kier alpha value is -5.03. The zero-order valence-corrected chi connectivity index (χ0v) is 19.2. The summed E-state index contributed by atoms with van der Waals surface area (Å²) in [6.07, 6.45) is -4.65. The summed E-state index contributed by atoms with van der Waals surface area (Å²) in [6, 6.07) is 13.2. The summed E-state index contributed by atoms with van der Waals surface area (Å²) in [6.45, 7) is 9.03. The summed E-state index contributed by atoms with van der Waals surface area (Å²) >= 11 is 0. The third kappa shape index (κ3) is 4.75. The van der Waals surface area contributed by atoms with Gasteiger partial charge in [-0.15, -0.1) is 0 Å². The Kier molecular flexibility index (Phi) is 6.47. The second-order valence-electron chi connectivity index (χ2n) is 8.08. The van der Waals surface area contributed by atoms with E-state index in [1.165, 1.54) is 48.2 Å². The molecule has 37 heavy (non-hydrogen) atoms. The van der Waals surface area contributed by atoms with Gasteiger partial charge in [0.05, 0.1) is 36.4 Å². The molecule has 0 saturated carbocycles. The van der Waals surface area contributed by atoms with Crippen LogP contribution in [0.5, 0.6) is 0 Å². The van der Waals surface area contributed by atoms with Gasteiger partial charge in [0.2, 0.25) is 11.5 Å². The number of benzene rings is 2. The van der Waals surface area contributed by atoms with Crippen molar-refractivity contribution < 1.29 is 32.3 Å². The Bertz CT molecular complexity index is 1490. The topological polar surface area (TPSA) is 102 Å². The molecule has 1 aromatic heterocycles. The third-order valence-corrected chi connectivity index (χ3v) is 5.82. The van der Waals surface area contributed by atoms with Crippen LogP contribution >= 0.6 is 0 Å². The molecule has 0 saturated heterocycles. The smallest absolute Gasteiger partial charge is 0.416 e. The summed E-state index contributed by atoms with van der Waals surface area (Å²) in [5, 5.41) is 18.3. The van der Waals surface area contributed by atoms with Crippen LogP contribution < -0.4 is 4.90 Å². The number of carboxylic acids is 1. The standard InChI is InChI=1S/C26H17F3N4O4/c1-15-22(31-2)23(17-8-6-16(13-30)7-9-17)32(14-20-10-11-21(37-20)24(34)35)25(36)33(15)19-5-3-4-18(12-19)26(27,28)29/h3-12,23H,14H2,1H3,(H,34,35). The van der Waals surface area contributed by atoms with Crippen molar-refractivity contribution in [2.45, 2.75) is 25.7 Å². The SMILES string of the molecule is [C-]#[N+]C1=C(C)N(c2cccc(C(F)(F)F)c2)C(=O)N(Cc2ccc(C(=O)O)o2)C1c1ccc(C#N)cc1. The molecule has 2 heterocycles. The maximum atomic E-state index is 13.8. The fraction of sp³-hybridized carbons (Fsp3) is 0.154. The molecular formula is C26H17F3N4O4. The molecule has 186 valence electrons. The molecule has 3 aromatic rings. The maximum absolute atomic E-state index is 13.8. The Balaban J connectivity index is 1.88. The first-order valence-corrected chi connectivity index (χ1v) is 10.7. The minimum Gasteiger partial charge on any atom is -0.475 e. The number of nitriles is 1. The number of alkyl halides is 3. The van der Waals surface area contributed by atoms with Gasteiger partial charge < -0.3 is 14.4 Å². The Labute approximate surface area is 208 Å². The van der Waals surface area contributed by atoms with Crippen molar-refractivity contribution in [3.63, 3.8) is 0 Å². The van der Waals surface area contributed by atoms with Crippen LogP contribution in [0.3, 0.4) is 0 Å². The summed E-state index contributed by atoms with van der Waals surface area (Å²) < 4.78 is 45.5. The van der Waals surface area contributed by atoms with Gasteiger partial charge in [-0.3, -0.25) is 4.90 Å². The number of furan rings is 1. The average molecular weight is 506 g/mol. The highest BCUT2D eigenvalue weighted by Gasteiger charge is 2.41. The monoisotopic (exact) mass is 506 g/mol. The minimum atomic E-state index is -4.65. The van der Waals surface area contributed by atoms with Crippen LogP contribution in [0, 0.1) is 17.9 Å². The van der Waals surface area contributed by atoms with Gasteiger partial charge in [0.15, 0.2) is 0 Å². The normalized spacial score (nSPS) is 15.9. The third-order valence-electron chi connectivity index (χ3n) is 5.82. The lowest BCUT2D eigenvalue weighted by molar-refractivity contribution is -0.137. The lowest BCUT2D eigenvalue weighted by atomic mass is 9.97. The van der Waals surface area contributed by atoms with Crippen molar-refractivity contribution in [3.8, 4) is 6.07 Å². The molecule has 2 aromatic carbocycles. The van der Waals surface area contributed by atoms with Crippen LogP contribution in [0.15, 0.2) is 76.5 Å². The number of amides is 2. The zero-order valence-electron chi connectivity index (χ0n) is 19.2. The molecule has 1 aliphatic rings. The molecule has 0 spiro atoms. The number of hydrogen-bond acceptors (Lipinski definition) is 4. The van der Waals surface area contributed by atoms with Crippen molar-refractivity contribution in [3.05, 3.63) is 112 Å². The van der Waals surface area contributed by atoms with Crippen LogP contribution in [-0.4, -0.2) is 22.0 Å². The molecule has 0 fully saturated rings. The van der Waals surface area contributed by atoms with E-state index in [0.717, 1.165) is 17.0 Å². The lowest BCUT2D eigenvalue weighted by Crippen LogP contribution is -2.48. The van der Waals surface area contributed by atoms with Gasteiger partial charge in [0.25, 0.3) is 0 Å². The number of nitrogens with zero attached hydrogens (tertiary/aromatic N) is 4. The van der Waals surface area contributed by atoms with E-state index in [2.05, 4.69) is 4.85 Å². The molecule has 8 nitrogen and oxygen atoms in total. The molecule has 4 rings (SSSR count). The molecule has 1 unspecified atom stereocenters. The van der Waals surface area contributed by atoms with Crippen LogP contribution in [0.1, 0.15) is 46.0 Å². The van der Waals surface area contributed by atoms with Crippen LogP contribution in [-0.2, 0) is 12.7 Å². The van der Waals surface area contributed by atoms with E-state index >= 15 is 0 Å². The number of anilines is 1. The molecule has 11 heteroatoms. The van der Waals surface area contributed by atoms with Crippen molar-refractivity contribution in [1.29, 1.82) is 5.26 Å². The number of carbonyl (C=O) groups is 2. The van der Waals surface area contributed by atoms with E-state index < -0.39 is 29.8 Å². The van der Waals surface area contributed by atoms with Crippen molar-refractivity contribution in [2.24, 2.45) is 0 Å². The molecule has 0 bridgehead atoms. The van der Waals surface area contributed by atoms with E-state index in [1.807, 2.05) is 6.07 Å². The lowest BCUT2D eigenvalue weighted by Gasteiger charge is -2.41. The number of rotatable bonds is 5. The van der Waals surface area contributed by atoms with Gasteiger partial charge in [-0.1, -0.05) is 18.2 Å². The number of carboxylic acid groups (broad SMARTS) is 1. The summed E-state index contributed by atoms with van der Waals surface area (Å²) in [7, 11) is 0. The average Bonchev–Trinajstić information content (AvgIpc) is 3.34. The van der Waals surface area contributed by atoms with E-state index in [4.69, 9.17) is 16.3 Å². The number of carbonyl (C=O) groups excluding carboxylic acids is 1. The molecule has 1 N–H and O–H groups in total. The first kappa shape index (κ1) is 25.1. The first-order valence-electron chi connectivity index (χ1n) is 10.7. The summed E-state index contributed by atoms with van der Waals surface area (Å²) in [4.78, 5) is 30.9. The van der Waals surface area contributed by atoms with E-state index in [9.17, 15) is 27.9 Å². The fourth-order valence-electron chi connectivity index (χ4n) is 4.09. The molecule has 0 radical (unpaired) electrons. The highest BCUT2D eigenvalue weighted by Crippen LogP contribution is 2.42. The van der Waals surface area contributed by atoms with Gasteiger partial charge in [-0.05, 0) is 55.0 Å². The van der Waals surface area contributed by atoms with Gasteiger partial charge in [0.1, 0.15) is 5.76 Å². The Morgan fingerprint density at radius 2 is 1.89 bits per heavy atom. The van der Waals surface area contributed by atoms with Crippen molar-refractivity contribution >= 4 is 17.7 Å². The minimum absolute atomic E-state index is 0.0618. The highest BCUT2D eigenvalue weighted by atomic mass is 19.4. The summed E-state index contributed by atoms with van der Waals surface area (Å²) in [5.41, 5.74) is -0.0285. The molecule has 2 amide bonds. The predicted molar refractivity (Wildman–Crippen MR) is 124 cm³/mol. The molecular weight excluding hydrogens is 489 g/mol. The first-order chi connectivity index (χ1) is 17.5. The van der Waals surface area contributed by atoms with Crippen molar-refractivity contribution in [2.75, 3.05) is 4.90 Å². The number of hydrogen-bond donors (Lipinski definition) is 1. The number of urea groups is 1. The molecule has 0 aliphatic carbocycles. The highest BCUT2D eigenvalue weighted by molar-refractivity contribution is 5.97. The van der Waals surface area contributed by atoms with Gasteiger partial charge in [0, 0.05) is 11.4 Å². The quantitative estimate of drug-likeness (QED) is 0.415. The van der Waals surface area contributed by atoms with Crippen molar-refractivity contribution in [1.82, 2.24) is 4.90 Å². The van der Waals surface area contributed by atoms with Crippen LogP contribution in [0.4, 0.5) is 23.7 Å². The number of allylic oxidation sites excluding steroid dienone is 1. The molecule has 1 aliphatic heterocycles. The van der Waals surface area contributed by atoms with E-state index in [-0.39, 0.29) is 35.1 Å². The second-order valence-corrected chi connectivity index (χ2v) is 8.08. The van der Waals surface area contributed by atoms with Gasteiger partial charge in [-0.2, -0.15) is 18.4 Å². The van der Waals surface area contributed by atoms with Gasteiger partial charge >= 0.3 is 18.2 Å². The molecule has 1 atom stereocenters. The van der Waals surface area contributed by atoms with E-state index in [1.54, 1.807) is 12.1 Å². The predicted octanol–water partition coefficient (Wildman–Crippen LogP) is 6.20. The van der Waals surface area contributed by atoms with Gasteiger partial charge in [-0.25, -0.2) is 14.4 Å². The Morgan fingerprint density at radius 3 is 2.46 bits per heavy atom. The van der Waals surface area contributed by atoms with E-state index in [0.29, 0.717) is 11.1 Å². The second kappa shape index (κ2) is 9.55.